The second kappa shape index (κ2) is 6.65. The topological polar surface area (TPSA) is 60.1 Å². The summed E-state index contributed by atoms with van der Waals surface area (Å²) in [4.78, 5) is 12.5. The van der Waals surface area contributed by atoms with Crippen LogP contribution in [0, 0.1) is 27.7 Å². The Hall–Kier alpha value is -2.34. The molecule has 3 heterocycles. The Kier molecular flexibility index (Phi) is 4.57. The molecule has 3 aromatic heterocycles. The number of hydrogen-bond donors (Lipinski definition) is 1. The van der Waals surface area contributed by atoms with Crippen LogP contribution in [-0.2, 0) is 0 Å². The number of rotatable bonds is 5. The zero-order valence-electron chi connectivity index (χ0n) is 14.3. The van der Waals surface area contributed by atoms with Crippen molar-refractivity contribution in [1.29, 1.82) is 0 Å². The van der Waals surface area contributed by atoms with Gasteiger partial charge in [-0.15, -0.1) is 0 Å². The molecule has 1 amide bonds. The lowest BCUT2D eigenvalue weighted by Gasteiger charge is -2.19. The van der Waals surface area contributed by atoms with Crippen LogP contribution in [0.15, 0.2) is 33.4 Å². The minimum absolute atomic E-state index is 0.0257. The first-order chi connectivity index (χ1) is 11.5. The zero-order valence-corrected chi connectivity index (χ0v) is 15.1. The van der Waals surface area contributed by atoms with E-state index < -0.39 is 0 Å². The van der Waals surface area contributed by atoms with Crippen molar-refractivity contribution in [1.82, 2.24) is 15.1 Å². The summed E-state index contributed by atoms with van der Waals surface area (Å²) < 4.78 is 7.42. The number of aromatic nitrogens is 2. The predicted molar refractivity (Wildman–Crippen MR) is 94.7 cm³/mol. The number of furan rings is 1. The largest absolute Gasteiger partial charge is 0.466 e. The van der Waals surface area contributed by atoms with Crippen molar-refractivity contribution >= 4 is 17.2 Å². The van der Waals surface area contributed by atoms with E-state index in [4.69, 9.17) is 4.42 Å². The highest BCUT2D eigenvalue weighted by Crippen LogP contribution is 2.22. The number of nitrogens with one attached hydrogen (secondary N) is 1. The third-order valence-corrected chi connectivity index (χ3v) is 4.71. The van der Waals surface area contributed by atoms with Gasteiger partial charge in [0, 0.05) is 12.2 Å². The van der Waals surface area contributed by atoms with Gasteiger partial charge in [0.25, 0.3) is 5.91 Å². The number of carbonyl (C=O) groups is 1. The summed E-state index contributed by atoms with van der Waals surface area (Å²) >= 11 is 1.64. The molecule has 0 fully saturated rings. The van der Waals surface area contributed by atoms with Gasteiger partial charge in [-0.2, -0.15) is 16.4 Å². The molecule has 1 atom stereocenters. The van der Waals surface area contributed by atoms with E-state index >= 15 is 0 Å². The fourth-order valence-corrected chi connectivity index (χ4v) is 3.62. The summed E-state index contributed by atoms with van der Waals surface area (Å²) in [5.74, 6) is 1.26. The first-order valence-corrected chi connectivity index (χ1v) is 8.80. The molecule has 6 heteroatoms. The molecule has 5 nitrogen and oxygen atoms in total. The highest BCUT2D eigenvalue weighted by molar-refractivity contribution is 7.07. The summed E-state index contributed by atoms with van der Waals surface area (Å²) in [5, 5.41) is 11.8. The number of nitrogens with zero attached hydrogens (tertiary/aromatic N) is 2. The molecule has 3 aromatic rings. The van der Waals surface area contributed by atoms with Gasteiger partial charge in [-0.05, 0) is 62.2 Å². The summed E-state index contributed by atoms with van der Waals surface area (Å²) in [5.41, 5.74) is 3.78. The van der Waals surface area contributed by atoms with Crippen LogP contribution < -0.4 is 5.32 Å². The summed E-state index contributed by atoms with van der Waals surface area (Å²) in [6.45, 7) is 8.13. The van der Waals surface area contributed by atoms with Gasteiger partial charge in [0.1, 0.15) is 11.5 Å². The number of amides is 1. The van der Waals surface area contributed by atoms with Crippen LogP contribution in [-0.4, -0.2) is 22.2 Å². The van der Waals surface area contributed by atoms with Gasteiger partial charge >= 0.3 is 0 Å². The Morgan fingerprint density at radius 2 is 2.12 bits per heavy atom. The maximum Gasteiger partial charge on any atom is 0.254 e. The van der Waals surface area contributed by atoms with Crippen LogP contribution in [0.4, 0.5) is 0 Å². The molecule has 0 aliphatic carbocycles. The third kappa shape index (κ3) is 3.28. The van der Waals surface area contributed by atoms with Crippen molar-refractivity contribution in [2.75, 3.05) is 6.54 Å². The molecule has 0 radical (unpaired) electrons. The standard InChI is InChI=1S/C18H21N3O2S/c1-11-7-12(2)21(20-11)17(15-5-6-24-10-15)9-19-18(22)16-8-13(3)23-14(16)4/h5-8,10,17H,9H2,1-4H3,(H,19,22)/t17-/m1/s1. The van der Waals surface area contributed by atoms with Crippen LogP contribution in [0.3, 0.4) is 0 Å². The molecule has 0 saturated heterocycles. The van der Waals surface area contributed by atoms with Crippen molar-refractivity contribution in [3.63, 3.8) is 0 Å². The molecule has 0 aliphatic heterocycles. The molecular weight excluding hydrogens is 322 g/mol. The maximum atomic E-state index is 12.5. The van der Waals surface area contributed by atoms with E-state index in [0.29, 0.717) is 17.9 Å². The third-order valence-electron chi connectivity index (χ3n) is 4.01. The normalized spacial score (nSPS) is 12.3. The smallest absolute Gasteiger partial charge is 0.254 e. The van der Waals surface area contributed by atoms with Crippen LogP contribution in [0.1, 0.15) is 44.9 Å². The second-order valence-electron chi connectivity index (χ2n) is 5.98. The Bertz CT molecular complexity index is 846. The van der Waals surface area contributed by atoms with Crippen LogP contribution in [0.25, 0.3) is 0 Å². The molecule has 0 spiro atoms. The fourth-order valence-electron chi connectivity index (χ4n) is 2.91. The lowest BCUT2D eigenvalue weighted by atomic mass is 10.1. The molecule has 0 unspecified atom stereocenters. The van der Waals surface area contributed by atoms with Crippen molar-refractivity contribution in [2.24, 2.45) is 0 Å². The Balaban J connectivity index is 1.82. The molecule has 0 saturated carbocycles. The van der Waals surface area contributed by atoms with Gasteiger partial charge in [-0.3, -0.25) is 9.48 Å². The average molecular weight is 343 g/mol. The zero-order chi connectivity index (χ0) is 17.3. The lowest BCUT2D eigenvalue weighted by molar-refractivity contribution is 0.0947. The van der Waals surface area contributed by atoms with Gasteiger partial charge in [0.15, 0.2) is 0 Å². The van der Waals surface area contributed by atoms with E-state index in [2.05, 4.69) is 21.9 Å². The minimum atomic E-state index is -0.119. The molecule has 3 rings (SSSR count). The second-order valence-corrected chi connectivity index (χ2v) is 6.76. The molecular formula is C18H21N3O2S. The van der Waals surface area contributed by atoms with E-state index in [1.807, 2.05) is 36.9 Å². The predicted octanol–water partition coefficient (Wildman–Crippen LogP) is 3.79. The van der Waals surface area contributed by atoms with Crippen LogP contribution in [0.2, 0.25) is 0 Å². The fraction of sp³-hybridized carbons (Fsp3) is 0.333. The minimum Gasteiger partial charge on any atom is -0.466 e. The lowest BCUT2D eigenvalue weighted by Crippen LogP contribution is -2.32. The van der Waals surface area contributed by atoms with Crippen LogP contribution in [0.5, 0.6) is 0 Å². The molecule has 0 aliphatic rings. The number of hydrogen-bond acceptors (Lipinski definition) is 4. The number of aryl methyl sites for hydroxylation is 4. The molecule has 126 valence electrons. The van der Waals surface area contributed by atoms with Crippen molar-refractivity contribution in [3.8, 4) is 0 Å². The maximum absolute atomic E-state index is 12.5. The molecule has 0 bridgehead atoms. The Morgan fingerprint density at radius 1 is 1.33 bits per heavy atom. The van der Waals surface area contributed by atoms with Crippen molar-refractivity contribution in [3.05, 3.63) is 63.0 Å². The van der Waals surface area contributed by atoms with Gasteiger partial charge < -0.3 is 9.73 Å². The van der Waals surface area contributed by atoms with Gasteiger partial charge in [-0.25, -0.2) is 0 Å². The van der Waals surface area contributed by atoms with Gasteiger partial charge in [-0.1, -0.05) is 0 Å². The molecule has 1 N–H and O–H groups in total. The quantitative estimate of drug-likeness (QED) is 0.767. The van der Waals surface area contributed by atoms with E-state index in [-0.39, 0.29) is 11.9 Å². The molecule has 0 aromatic carbocycles. The van der Waals surface area contributed by atoms with E-state index in [9.17, 15) is 4.79 Å². The summed E-state index contributed by atoms with van der Waals surface area (Å²) in [6, 6.07) is 5.87. The summed E-state index contributed by atoms with van der Waals surface area (Å²) in [7, 11) is 0. The number of thiophene rings is 1. The first kappa shape index (κ1) is 16.5. The number of carbonyl (C=O) groups excluding carboxylic acids is 1. The van der Waals surface area contributed by atoms with Gasteiger partial charge in [0.2, 0.25) is 0 Å². The van der Waals surface area contributed by atoms with Crippen molar-refractivity contribution in [2.45, 2.75) is 33.7 Å². The SMILES string of the molecule is Cc1cc(C)n([C@H](CNC(=O)c2cc(C)oc2C)c2ccsc2)n1. The average Bonchev–Trinajstić information content (AvgIpc) is 3.22. The highest BCUT2D eigenvalue weighted by Gasteiger charge is 2.20. The first-order valence-electron chi connectivity index (χ1n) is 7.86. The van der Waals surface area contributed by atoms with Crippen molar-refractivity contribution < 1.29 is 9.21 Å². The van der Waals surface area contributed by atoms with Crippen LogP contribution >= 0.6 is 11.3 Å². The monoisotopic (exact) mass is 343 g/mol. The van der Waals surface area contributed by atoms with E-state index in [1.54, 1.807) is 24.3 Å². The Morgan fingerprint density at radius 3 is 2.67 bits per heavy atom. The highest BCUT2D eigenvalue weighted by atomic mass is 32.1. The molecule has 24 heavy (non-hydrogen) atoms. The van der Waals surface area contributed by atoms with E-state index in [1.165, 1.54) is 0 Å². The summed E-state index contributed by atoms with van der Waals surface area (Å²) in [6.07, 6.45) is 0. The van der Waals surface area contributed by atoms with Gasteiger partial charge in [0.05, 0.1) is 17.3 Å². The Labute approximate surface area is 145 Å². The van der Waals surface area contributed by atoms with E-state index in [0.717, 1.165) is 22.7 Å².